The molecule has 0 atom stereocenters. The van der Waals surface area contributed by atoms with Crippen molar-refractivity contribution in [3.05, 3.63) is 36.0 Å². The highest BCUT2D eigenvalue weighted by molar-refractivity contribution is 5.03. The van der Waals surface area contributed by atoms with Gasteiger partial charge in [0.25, 0.3) is 0 Å². The van der Waals surface area contributed by atoms with Crippen molar-refractivity contribution in [3.63, 3.8) is 0 Å². The van der Waals surface area contributed by atoms with E-state index in [0.717, 1.165) is 6.42 Å². The van der Waals surface area contributed by atoms with E-state index >= 15 is 0 Å². The van der Waals surface area contributed by atoms with E-state index in [-0.39, 0.29) is 0 Å². The van der Waals surface area contributed by atoms with E-state index in [4.69, 9.17) is 0 Å². The van der Waals surface area contributed by atoms with Gasteiger partial charge in [0.1, 0.15) is 0 Å². The van der Waals surface area contributed by atoms with E-state index in [1.165, 1.54) is 37.8 Å². The molecule has 0 N–H and O–H groups in total. The Morgan fingerprint density at radius 2 is 1.87 bits per heavy atom. The van der Waals surface area contributed by atoms with Gasteiger partial charge in [-0.25, -0.2) is 0 Å². The predicted molar refractivity (Wildman–Crippen MR) is 65.6 cm³/mol. The Bertz CT molecular complexity index is 241. The maximum Gasteiger partial charge on any atom is 0.0403 e. The quantitative estimate of drug-likeness (QED) is 0.607. The minimum absolute atomic E-state index is 1.13. The van der Waals surface area contributed by atoms with Crippen LogP contribution in [0.3, 0.4) is 0 Å². The van der Waals surface area contributed by atoms with Crippen molar-refractivity contribution in [1.82, 2.24) is 4.98 Å². The Balaban J connectivity index is 1.98. The van der Waals surface area contributed by atoms with Crippen LogP contribution in [0.1, 0.15) is 51.6 Å². The number of aromatic nitrogens is 1. The van der Waals surface area contributed by atoms with Crippen LogP contribution in [0.25, 0.3) is 0 Å². The zero-order valence-electron chi connectivity index (χ0n) is 10.00. The molecule has 0 fully saturated rings. The Labute approximate surface area is 93.9 Å². The standard InChI is InChI=1S/C14H22N/c1-13(2)9-5-3-4-6-10-14-11-7-8-12-15-14/h7-8,11-12H,3-6,9-10H2,1-2H3. The van der Waals surface area contributed by atoms with Crippen LogP contribution in [-0.2, 0) is 6.42 Å². The van der Waals surface area contributed by atoms with Crippen LogP contribution in [0, 0.1) is 5.92 Å². The molecule has 0 amide bonds. The number of hydrogen-bond donors (Lipinski definition) is 0. The molecule has 0 saturated carbocycles. The third kappa shape index (κ3) is 6.27. The topological polar surface area (TPSA) is 12.9 Å². The average molecular weight is 204 g/mol. The molecule has 1 heteroatoms. The zero-order chi connectivity index (χ0) is 10.9. The van der Waals surface area contributed by atoms with Crippen LogP contribution < -0.4 is 0 Å². The number of aryl methyl sites for hydroxylation is 1. The number of nitrogens with zero attached hydrogens (tertiary/aromatic N) is 1. The van der Waals surface area contributed by atoms with Gasteiger partial charge >= 0.3 is 0 Å². The molecule has 1 heterocycles. The largest absolute Gasteiger partial charge is 0.261 e. The van der Waals surface area contributed by atoms with Crippen LogP contribution in [0.5, 0.6) is 0 Å². The van der Waals surface area contributed by atoms with E-state index < -0.39 is 0 Å². The molecule has 0 saturated heterocycles. The molecule has 1 aromatic rings. The normalized spacial score (nSPS) is 10.9. The van der Waals surface area contributed by atoms with Crippen molar-refractivity contribution in [3.8, 4) is 0 Å². The minimum Gasteiger partial charge on any atom is -0.261 e. The van der Waals surface area contributed by atoms with Gasteiger partial charge in [0.05, 0.1) is 0 Å². The van der Waals surface area contributed by atoms with Gasteiger partial charge < -0.3 is 0 Å². The van der Waals surface area contributed by atoms with Crippen molar-refractivity contribution in [2.45, 2.75) is 52.4 Å². The van der Waals surface area contributed by atoms with Crippen molar-refractivity contribution in [2.24, 2.45) is 0 Å². The number of unbranched alkanes of at least 4 members (excludes halogenated alkanes) is 3. The van der Waals surface area contributed by atoms with Gasteiger partial charge in [-0.3, -0.25) is 4.98 Å². The summed E-state index contributed by atoms with van der Waals surface area (Å²) in [6, 6.07) is 6.16. The molecule has 15 heavy (non-hydrogen) atoms. The maximum atomic E-state index is 4.32. The van der Waals surface area contributed by atoms with Gasteiger partial charge in [-0.1, -0.05) is 39.2 Å². The number of hydrogen-bond acceptors (Lipinski definition) is 1. The smallest absolute Gasteiger partial charge is 0.0403 e. The molecule has 0 aliphatic carbocycles. The van der Waals surface area contributed by atoms with E-state index in [0.29, 0.717) is 0 Å². The van der Waals surface area contributed by atoms with Crippen LogP contribution in [-0.4, -0.2) is 4.98 Å². The van der Waals surface area contributed by atoms with Crippen molar-refractivity contribution in [1.29, 1.82) is 0 Å². The SMILES string of the molecule is C[C](C)CCCCCCc1ccccn1. The first-order chi connectivity index (χ1) is 7.29. The highest BCUT2D eigenvalue weighted by atomic mass is 14.7. The highest BCUT2D eigenvalue weighted by Gasteiger charge is 1.96. The summed E-state index contributed by atoms with van der Waals surface area (Å²) in [5, 5.41) is 0. The van der Waals surface area contributed by atoms with Crippen LogP contribution in [0.15, 0.2) is 24.4 Å². The van der Waals surface area contributed by atoms with Gasteiger partial charge in [0.15, 0.2) is 0 Å². The fraction of sp³-hybridized carbons (Fsp3) is 0.571. The van der Waals surface area contributed by atoms with Crippen molar-refractivity contribution >= 4 is 0 Å². The summed E-state index contributed by atoms with van der Waals surface area (Å²) in [6.45, 7) is 4.43. The summed E-state index contributed by atoms with van der Waals surface area (Å²) in [5.41, 5.74) is 1.23. The summed E-state index contributed by atoms with van der Waals surface area (Å²) in [6.07, 6.45) is 9.64. The second-order valence-corrected chi connectivity index (χ2v) is 4.44. The monoisotopic (exact) mass is 204 g/mol. The average Bonchev–Trinajstić information content (AvgIpc) is 2.24. The first-order valence-electron chi connectivity index (χ1n) is 5.98. The first kappa shape index (κ1) is 12.2. The first-order valence-corrected chi connectivity index (χ1v) is 5.98. The molecule has 0 spiro atoms. The maximum absolute atomic E-state index is 4.32. The van der Waals surface area contributed by atoms with Crippen LogP contribution in [0.4, 0.5) is 0 Å². The molecule has 0 bridgehead atoms. The lowest BCUT2D eigenvalue weighted by Crippen LogP contribution is -1.90. The molecule has 1 aromatic heterocycles. The molecule has 0 aromatic carbocycles. The molecule has 1 radical (unpaired) electrons. The Hall–Kier alpha value is -0.850. The lowest BCUT2D eigenvalue weighted by molar-refractivity contribution is 0.617. The Morgan fingerprint density at radius 1 is 1.07 bits per heavy atom. The van der Waals surface area contributed by atoms with Gasteiger partial charge in [-0.15, -0.1) is 0 Å². The van der Waals surface area contributed by atoms with Gasteiger partial charge in [0, 0.05) is 11.9 Å². The zero-order valence-corrected chi connectivity index (χ0v) is 10.00. The predicted octanol–water partition coefficient (Wildman–Crippen LogP) is 4.19. The number of rotatable bonds is 7. The fourth-order valence-electron chi connectivity index (χ4n) is 1.68. The molecule has 0 aliphatic rings. The van der Waals surface area contributed by atoms with Crippen LogP contribution >= 0.6 is 0 Å². The van der Waals surface area contributed by atoms with Crippen molar-refractivity contribution in [2.75, 3.05) is 0 Å². The molecule has 83 valence electrons. The summed E-state index contributed by atoms with van der Waals surface area (Å²) >= 11 is 0. The summed E-state index contributed by atoms with van der Waals surface area (Å²) in [4.78, 5) is 4.32. The molecule has 1 nitrogen and oxygen atoms in total. The molecular formula is C14H22N. The third-order valence-corrected chi connectivity index (χ3v) is 2.59. The van der Waals surface area contributed by atoms with E-state index in [9.17, 15) is 0 Å². The molecule has 0 unspecified atom stereocenters. The van der Waals surface area contributed by atoms with Gasteiger partial charge in [-0.2, -0.15) is 0 Å². The Kier molecular flexibility index (Phi) is 6.06. The fourth-order valence-corrected chi connectivity index (χ4v) is 1.68. The lowest BCUT2D eigenvalue weighted by atomic mass is 10.0. The highest BCUT2D eigenvalue weighted by Crippen LogP contribution is 2.12. The second-order valence-electron chi connectivity index (χ2n) is 4.44. The minimum atomic E-state index is 1.13. The Morgan fingerprint density at radius 3 is 2.53 bits per heavy atom. The number of pyridine rings is 1. The van der Waals surface area contributed by atoms with Crippen LogP contribution in [0.2, 0.25) is 0 Å². The van der Waals surface area contributed by atoms with Crippen molar-refractivity contribution < 1.29 is 0 Å². The lowest BCUT2D eigenvalue weighted by Gasteiger charge is -2.03. The summed E-state index contributed by atoms with van der Waals surface area (Å²) < 4.78 is 0. The molecule has 1 rings (SSSR count). The molecule has 0 aliphatic heterocycles. The summed E-state index contributed by atoms with van der Waals surface area (Å²) in [7, 11) is 0. The third-order valence-electron chi connectivity index (χ3n) is 2.59. The second kappa shape index (κ2) is 7.44. The summed E-state index contributed by atoms with van der Waals surface area (Å²) in [5.74, 6) is 1.56. The molecular weight excluding hydrogens is 182 g/mol. The van der Waals surface area contributed by atoms with E-state index in [2.05, 4.69) is 31.0 Å². The van der Waals surface area contributed by atoms with Gasteiger partial charge in [-0.05, 0) is 37.3 Å². The van der Waals surface area contributed by atoms with Gasteiger partial charge in [0.2, 0.25) is 0 Å². The van der Waals surface area contributed by atoms with E-state index in [1.54, 1.807) is 5.92 Å². The van der Waals surface area contributed by atoms with E-state index in [1.807, 2.05) is 12.3 Å².